The van der Waals surface area contributed by atoms with Crippen molar-refractivity contribution in [1.82, 2.24) is 9.78 Å². The molecule has 0 unspecified atom stereocenters. The second-order valence-corrected chi connectivity index (χ2v) is 8.58. The largest absolute Gasteiger partial charge is 0.390 e. The average molecular weight is 348 g/mol. The quantitative estimate of drug-likeness (QED) is 0.860. The van der Waals surface area contributed by atoms with Crippen LogP contribution in [0, 0.1) is 0 Å². The van der Waals surface area contributed by atoms with Crippen molar-refractivity contribution in [3.8, 4) is 11.3 Å². The minimum atomic E-state index is -3.20. The van der Waals surface area contributed by atoms with Gasteiger partial charge in [0.05, 0.1) is 28.9 Å². The van der Waals surface area contributed by atoms with E-state index in [9.17, 15) is 13.5 Å². The number of aromatic nitrogens is 2. The van der Waals surface area contributed by atoms with E-state index >= 15 is 0 Å². The standard InChI is InChI=1S/C18H24N2O3S/c1-24(22,23)17-10-8-14(9-11-17)18-12-15(13-21)19-20(18)16-6-4-2-3-5-7-16/h8-12,16,21H,2-7,13H2,1H3. The summed E-state index contributed by atoms with van der Waals surface area (Å²) in [5.74, 6) is 0. The molecule has 1 N–H and O–H groups in total. The minimum absolute atomic E-state index is 0.0891. The molecule has 1 heterocycles. The summed E-state index contributed by atoms with van der Waals surface area (Å²) in [6.45, 7) is -0.0891. The number of aliphatic hydroxyl groups is 1. The number of hydrogen-bond acceptors (Lipinski definition) is 4. The molecular weight excluding hydrogens is 324 g/mol. The van der Waals surface area contributed by atoms with Gasteiger partial charge in [-0.15, -0.1) is 0 Å². The van der Waals surface area contributed by atoms with Gasteiger partial charge in [0.2, 0.25) is 0 Å². The summed E-state index contributed by atoms with van der Waals surface area (Å²) in [6.07, 6.45) is 8.34. The summed E-state index contributed by atoms with van der Waals surface area (Å²) >= 11 is 0. The van der Waals surface area contributed by atoms with Gasteiger partial charge >= 0.3 is 0 Å². The molecule has 24 heavy (non-hydrogen) atoms. The van der Waals surface area contributed by atoms with Crippen molar-refractivity contribution in [3.05, 3.63) is 36.0 Å². The van der Waals surface area contributed by atoms with Crippen LogP contribution < -0.4 is 0 Å². The van der Waals surface area contributed by atoms with E-state index < -0.39 is 9.84 Å². The Morgan fingerprint density at radius 3 is 2.29 bits per heavy atom. The maximum atomic E-state index is 11.6. The van der Waals surface area contributed by atoms with Gasteiger partial charge in [-0.05, 0) is 36.6 Å². The number of nitrogens with zero attached hydrogens (tertiary/aromatic N) is 2. The van der Waals surface area contributed by atoms with Crippen molar-refractivity contribution < 1.29 is 13.5 Å². The van der Waals surface area contributed by atoms with Crippen LogP contribution in [0.1, 0.15) is 50.3 Å². The summed E-state index contributed by atoms with van der Waals surface area (Å²) < 4.78 is 25.3. The van der Waals surface area contributed by atoms with E-state index in [1.54, 1.807) is 12.1 Å². The Labute approximate surface area is 143 Å². The summed E-state index contributed by atoms with van der Waals surface area (Å²) in [6, 6.07) is 9.16. The Morgan fingerprint density at radius 2 is 1.75 bits per heavy atom. The predicted octanol–water partition coefficient (Wildman–Crippen LogP) is 3.34. The van der Waals surface area contributed by atoms with Gasteiger partial charge in [0.25, 0.3) is 0 Å². The Bertz CT molecular complexity index is 786. The molecule has 1 aromatic carbocycles. The maximum Gasteiger partial charge on any atom is 0.175 e. The van der Waals surface area contributed by atoms with Crippen LogP contribution in [0.5, 0.6) is 0 Å². The maximum absolute atomic E-state index is 11.6. The van der Waals surface area contributed by atoms with Gasteiger partial charge < -0.3 is 5.11 Å². The van der Waals surface area contributed by atoms with Crippen molar-refractivity contribution in [2.75, 3.05) is 6.26 Å². The summed E-state index contributed by atoms with van der Waals surface area (Å²) in [5, 5.41) is 14.1. The highest BCUT2D eigenvalue weighted by Crippen LogP contribution is 2.32. The molecule has 0 saturated heterocycles. The predicted molar refractivity (Wildman–Crippen MR) is 93.4 cm³/mol. The number of aliphatic hydroxyl groups excluding tert-OH is 1. The molecule has 0 amide bonds. The molecule has 0 radical (unpaired) electrons. The fraction of sp³-hybridized carbons (Fsp3) is 0.500. The van der Waals surface area contributed by atoms with E-state index in [4.69, 9.17) is 0 Å². The first-order valence-electron chi connectivity index (χ1n) is 8.49. The molecule has 1 aliphatic rings. The van der Waals surface area contributed by atoms with E-state index in [0.29, 0.717) is 16.6 Å². The second-order valence-electron chi connectivity index (χ2n) is 6.57. The van der Waals surface area contributed by atoms with Gasteiger partial charge in [0.15, 0.2) is 9.84 Å². The first-order valence-corrected chi connectivity index (χ1v) is 10.4. The van der Waals surface area contributed by atoms with Gasteiger partial charge in [-0.1, -0.05) is 37.8 Å². The third-order valence-corrected chi connectivity index (χ3v) is 5.83. The molecule has 2 aromatic rings. The van der Waals surface area contributed by atoms with Crippen LogP contribution in [-0.4, -0.2) is 29.6 Å². The smallest absolute Gasteiger partial charge is 0.175 e. The second kappa shape index (κ2) is 7.07. The van der Waals surface area contributed by atoms with E-state index in [0.717, 1.165) is 24.1 Å². The van der Waals surface area contributed by atoms with Crippen LogP contribution in [-0.2, 0) is 16.4 Å². The van der Waals surface area contributed by atoms with Crippen LogP contribution in [0.2, 0.25) is 0 Å². The normalized spacial score (nSPS) is 16.9. The van der Waals surface area contributed by atoms with Gasteiger partial charge in [-0.25, -0.2) is 8.42 Å². The fourth-order valence-corrected chi connectivity index (χ4v) is 4.02. The molecule has 1 aromatic heterocycles. The third-order valence-electron chi connectivity index (χ3n) is 4.70. The van der Waals surface area contributed by atoms with Gasteiger partial charge in [0.1, 0.15) is 0 Å². The fourth-order valence-electron chi connectivity index (χ4n) is 3.39. The topological polar surface area (TPSA) is 72.2 Å². The van der Waals surface area contributed by atoms with Crippen LogP contribution in [0.15, 0.2) is 35.2 Å². The van der Waals surface area contributed by atoms with E-state index in [2.05, 4.69) is 5.10 Å². The van der Waals surface area contributed by atoms with Crippen molar-refractivity contribution >= 4 is 9.84 Å². The molecule has 1 aliphatic carbocycles. The molecule has 1 fully saturated rings. The van der Waals surface area contributed by atoms with Gasteiger partial charge in [-0.2, -0.15) is 5.10 Å². The average Bonchev–Trinajstić information content (AvgIpc) is 2.81. The molecule has 3 rings (SSSR count). The molecule has 0 spiro atoms. The van der Waals surface area contributed by atoms with Gasteiger partial charge in [0, 0.05) is 6.26 Å². The molecule has 0 bridgehead atoms. The molecule has 6 heteroatoms. The molecule has 5 nitrogen and oxygen atoms in total. The summed E-state index contributed by atoms with van der Waals surface area (Å²) in [7, 11) is -3.20. The third kappa shape index (κ3) is 3.70. The zero-order valence-electron chi connectivity index (χ0n) is 14.0. The Balaban J connectivity index is 1.98. The zero-order chi connectivity index (χ0) is 17.2. The van der Waals surface area contributed by atoms with Crippen molar-refractivity contribution in [2.24, 2.45) is 0 Å². The van der Waals surface area contributed by atoms with E-state index in [1.807, 2.05) is 22.9 Å². The first-order chi connectivity index (χ1) is 11.5. The number of benzene rings is 1. The number of rotatable bonds is 4. The van der Waals surface area contributed by atoms with Gasteiger partial charge in [-0.3, -0.25) is 4.68 Å². The van der Waals surface area contributed by atoms with Crippen molar-refractivity contribution in [1.29, 1.82) is 0 Å². The Hall–Kier alpha value is -1.66. The SMILES string of the molecule is CS(=O)(=O)c1ccc(-c2cc(CO)nn2C2CCCCCC2)cc1. The van der Waals surface area contributed by atoms with Crippen LogP contribution in [0.4, 0.5) is 0 Å². The number of sulfone groups is 1. The highest BCUT2D eigenvalue weighted by molar-refractivity contribution is 7.90. The van der Waals surface area contributed by atoms with Crippen molar-refractivity contribution in [2.45, 2.75) is 56.1 Å². The summed E-state index contributed by atoms with van der Waals surface area (Å²) in [5.41, 5.74) is 2.53. The lowest BCUT2D eigenvalue weighted by atomic mass is 10.1. The van der Waals surface area contributed by atoms with Crippen LogP contribution in [0.25, 0.3) is 11.3 Å². The molecule has 130 valence electrons. The lowest BCUT2D eigenvalue weighted by molar-refractivity contribution is 0.273. The van der Waals surface area contributed by atoms with Crippen LogP contribution >= 0.6 is 0 Å². The molecule has 0 aliphatic heterocycles. The lowest BCUT2D eigenvalue weighted by Crippen LogP contribution is -2.11. The number of hydrogen-bond donors (Lipinski definition) is 1. The Kier molecular flexibility index (Phi) is 5.06. The highest BCUT2D eigenvalue weighted by Gasteiger charge is 2.20. The van der Waals surface area contributed by atoms with E-state index in [1.165, 1.54) is 31.9 Å². The Morgan fingerprint density at radius 1 is 1.12 bits per heavy atom. The molecule has 1 saturated carbocycles. The molecule has 0 atom stereocenters. The van der Waals surface area contributed by atoms with Crippen molar-refractivity contribution in [3.63, 3.8) is 0 Å². The summed E-state index contributed by atoms with van der Waals surface area (Å²) in [4.78, 5) is 0.314. The zero-order valence-corrected chi connectivity index (χ0v) is 14.8. The monoisotopic (exact) mass is 348 g/mol. The van der Waals surface area contributed by atoms with Crippen LogP contribution in [0.3, 0.4) is 0 Å². The molecular formula is C18H24N2O3S. The van der Waals surface area contributed by atoms with E-state index in [-0.39, 0.29) is 6.61 Å². The lowest BCUT2D eigenvalue weighted by Gasteiger charge is -2.18. The first kappa shape index (κ1) is 17.2. The highest BCUT2D eigenvalue weighted by atomic mass is 32.2. The minimum Gasteiger partial charge on any atom is -0.390 e.